The zero-order valence-corrected chi connectivity index (χ0v) is 13.3. The summed E-state index contributed by atoms with van der Waals surface area (Å²) >= 11 is 0. The summed E-state index contributed by atoms with van der Waals surface area (Å²) in [6.07, 6.45) is 8.51. The second-order valence-electron chi connectivity index (χ2n) is 7.02. The predicted octanol–water partition coefficient (Wildman–Crippen LogP) is 3.52. The molecule has 0 radical (unpaired) electrons. The van der Waals surface area contributed by atoms with Crippen LogP contribution in [0.25, 0.3) is 0 Å². The van der Waals surface area contributed by atoms with Crippen LogP contribution in [0.15, 0.2) is 0 Å². The highest BCUT2D eigenvalue weighted by Gasteiger charge is 2.30. The molecule has 0 amide bonds. The van der Waals surface area contributed by atoms with E-state index in [-0.39, 0.29) is 0 Å². The zero-order valence-electron chi connectivity index (χ0n) is 13.3. The van der Waals surface area contributed by atoms with E-state index in [4.69, 9.17) is 0 Å². The van der Waals surface area contributed by atoms with Crippen molar-refractivity contribution in [2.24, 2.45) is 17.8 Å². The molecule has 2 heteroatoms. The van der Waals surface area contributed by atoms with E-state index < -0.39 is 0 Å². The van der Waals surface area contributed by atoms with Crippen molar-refractivity contribution in [1.82, 2.24) is 10.2 Å². The van der Waals surface area contributed by atoms with Crippen molar-refractivity contribution < 1.29 is 0 Å². The van der Waals surface area contributed by atoms with Gasteiger partial charge in [0.05, 0.1) is 0 Å². The molecule has 4 unspecified atom stereocenters. The van der Waals surface area contributed by atoms with Crippen molar-refractivity contribution in [2.45, 2.75) is 65.3 Å². The van der Waals surface area contributed by atoms with Gasteiger partial charge in [-0.05, 0) is 62.9 Å². The summed E-state index contributed by atoms with van der Waals surface area (Å²) in [6, 6.07) is 0.781. The molecule has 1 aliphatic carbocycles. The molecule has 112 valence electrons. The summed E-state index contributed by atoms with van der Waals surface area (Å²) in [7, 11) is 0. The fourth-order valence-electron chi connectivity index (χ4n) is 4.21. The van der Waals surface area contributed by atoms with Crippen LogP contribution in [-0.2, 0) is 0 Å². The van der Waals surface area contributed by atoms with Crippen molar-refractivity contribution in [3.63, 3.8) is 0 Å². The first kappa shape index (κ1) is 15.3. The van der Waals surface area contributed by atoms with Gasteiger partial charge in [0, 0.05) is 19.1 Å². The first-order chi connectivity index (χ1) is 9.22. The van der Waals surface area contributed by atoms with Gasteiger partial charge in [0.1, 0.15) is 0 Å². The Morgan fingerprint density at radius 2 is 2.00 bits per heavy atom. The smallest absolute Gasteiger partial charge is 0.0108 e. The number of nitrogens with zero attached hydrogens (tertiary/aromatic N) is 1. The van der Waals surface area contributed by atoms with Crippen LogP contribution in [0.1, 0.15) is 59.3 Å². The Balaban J connectivity index is 1.86. The van der Waals surface area contributed by atoms with E-state index in [0.717, 1.165) is 30.3 Å². The highest BCUT2D eigenvalue weighted by Crippen LogP contribution is 2.31. The first-order valence-corrected chi connectivity index (χ1v) is 8.68. The molecule has 0 bridgehead atoms. The van der Waals surface area contributed by atoms with Gasteiger partial charge in [-0.3, -0.25) is 0 Å². The highest BCUT2D eigenvalue weighted by molar-refractivity contribution is 4.86. The minimum Gasteiger partial charge on any atom is -0.314 e. The summed E-state index contributed by atoms with van der Waals surface area (Å²) in [6.45, 7) is 12.2. The normalized spacial score (nSPS) is 37.4. The molecule has 4 atom stereocenters. The Bertz CT molecular complexity index is 254. The van der Waals surface area contributed by atoms with Crippen molar-refractivity contribution in [3.8, 4) is 0 Å². The first-order valence-electron chi connectivity index (χ1n) is 8.68. The molecule has 19 heavy (non-hydrogen) atoms. The van der Waals surface area contributed by atoms with E-state index in [1.165, 1.54) is 58.2 Å². The quantitative estimate of drug-likeness (QED) is 0.819. The van der Waals surface area contributed by atoms with E-state index >= 15 is 0 Å². The second kappa shape index (κ2) is 7.64. The molecule has 1 N–H and O–H groups in total. The minimum absolute atomic E-state index is 0.781. The van der Waals surface area contributed by atoms with E-state index in [1.807, 2.05) is 0 Å². The largest absolute Gasteiger partial charge is 0.314 e. The molecule has 0 spiro atoms. The molecule has 0 aromatic heterocycles. The van der Waals surface area contributed by atoms with E-state index in [9.17, 15) is 0 Å². The van der Waals surface area contributed by atoms with Crippen LogP contribution in [0, 0.1) is 17.8 Å². The van der Waals surface area contributed by atoms with Crippen LogP contribution in [0.2, 0.25) is 0 Å². The van der Waals surface area contributed by atoms with Crippen LogP contribution in [0.4, 0.5) is 0 Å². The molecule has 2 aliphatic rings. The van der Waals surface area contributed by atoms with Crippen LogP contribution < -0.4 is 5.32 Å². The van der Waals surface area contributed by atoms with Crippen molar-refractivity contribution >= 4 is 0 Å². The minimum atomic E-state index is 0.781. The number of likely N-dealkylation sites (tertiary alicyclic amines) is 1. The van der Waals surface area contributed by atoms with Crippen LogP contribution >= 0.6 is 0 Å². The summed E-state index contributed by atoms with van der Waals surface area (Å²) in [4.78, 5) is 2.77. The Hall–Kier alpha value is -0.0800. The van der Waals surface area contributed by atoms with E-state index in [2.05, 4.69) is 31.0 Å². The van der Waals surface area contributed by atoms with Gasteiger partial charge in [0.2, 0.25) is 0 Å². The van der Waals surface area contributed by atoms with Gasteiger partial charge in [0.15, 0.2) is 0 Å². The number of rotatable bonds is 5. The van der Waals surface area contributed by atoms with Crippen molar-refractivity contribution in [2.75, 3.05) is 26.2 Å². The average Bonchev–Trinajstić information content (AvgIpc) is 2.42. The Morgan fingerprint density at radius 1 is 1.16 bits per heavy atom. The molecule has 2 fully saturated rings. The standard InChI is InChI=1S/C17H34N2/c1-4-15-7-6-10-19(12-15)13-16-11-14(3)8-9-17(16)18-5-2/h14-18H,4-13H2,1-3H3. The molecule has 1 saturated carbocycles. The predicted molar refractivity (Wildman–Crippen MR) is 83.4 cm³/mol. The second-order valence-corrected chi connectivity index (χ2v) is 7.02. The van der Waals surface area contributed by atoms with Crippen LogP contribution in [0.3, 0.4) is 0 Å². The fraction of sp³-hybridized carbons (Fsp3) is 1.00. The number of hydrogen-bond acceptors (Lipinski definition) is 2. The monoisotopic (exact) mass is 266 g/mol. The Kier molecular flexibility index (Phi) is 6.15. The van der Waals surface area contributed by atoms with E-state index in [1.54, 1.807) is 0 Å². The maximum absolute atomic E-state index is 3.74. The number of nitrogens with one attached hydrogen (secondary N) is 1. The lowest BCUT2D eigenvalue weighted by atomic mass is 9.78. The third-order valence-electron chi connectivity index (χ3n) is 5.38. The number of hydrogen-bond donors (Lipinski definition) is 1. The lowest BCUT2D eigenvalue weighted by Gasteiger charge is -2.41. The molecule has 1 aliphatic heterocycles. The lowest BCUT2D eigenvalue weighted by Crippen LogP contribution is -2.47. The SMILES string of the molecule is CCNC1CCC(C)CC1CN1CCCC(CC)C1. The molecule has 0 aromatic carbocycles. The van der Waals surface area contributed by atoms with E-state index in [0.29, 0.717) is 0 Å². The maximum Gasteiger partial charge on any atom is 0.0108 e. The summed E-state index contributed by atoms with van der Waals surface area (Å²) in [5.41, 5.74) is 0. The molecular formula is C17H34N2. The molecular weight excluding hydrogens is 232 g/mol. The average molecular weight is 266 g/mol. The molecule has 1 saturated heterocycles. The molecule has 0 aromatic rings. The van der Waals surface area contributed by atoms with Gasteiger partial charge in [0.25, 0.3) is 0 Å². The third-order valence-corrected chi connectivity index (χ3v) is 5.38. The topological polar surface area (TPSA) is 15.3 Å². The Morgan fingerprint density at radius 3 is 2.74 bits per heavy atom. The van der Waals surface area contributed by atoms with Crippen molar-refractivity contribution in [1.29, 1.82) is 0 Å². The fourth-order valence-corrected chi connectivity index (χ4v) is 4.21. The summed E-state index contributed by atoms with van der Waals surface area (Å²) in [5.74, 6) is 2.79. The number of piperidine rings is 1. The van der Waals surface area contributed by atoms with Gasteiger partial charge in [-0.25, -0.2) is 0 Å². The lowest BCUT2D eigenvalue weighted by molar-refractivity contribution is 0.107. The third kappa shape index (κ3) is 4.46. The Labute approximate surface area is 120 Å². The van der Waals surface area contributed by atoms with Gasteiger partial charge < -0.3 is 10.2 Å². The zero-order chi connectivity index (χ0) is 13.7. The summed E-state index contributed by atoms with van der Waals surface area (Å²) < 4.78 is 0. The molecule has 2 rings (SSSR count). The molecule has 2 nitrogen and oxygen atoms in total. The van der Waals surface area contributed by atoms with Gasteiger partial charge in [-0.15, -0.1) is 0 Å². The highest BCUT2D eigenvalue weighted by atomic mass is 15.1. The van der Waals surface area contributed by atoms with Crippen LogP contribution in [0.5, 0.6) is 0 Å². The molecule has 1 heterocycles. The van der Waals surface area contributed by atoms with Crippen molar-refractivity contribution in [3.05, 3.63) is 0 Å². The summed E-state index contributed by atoms with van der Waals surface area (Å²) in [5, 5.41) is 3.74. The maximum atomic E-state index is 3.74. The van der Waals surface area contributed by atoms with Gasteiger partial charge >= 0.3 is 0 Å². The van der Waals surface area contributed by atoms with Gasteiger partial charge in [-0.1, -0.05) is 27.2 Å². The van der Waals surface area contributed by atoms with Crippen LogP contribution in [-0.4, -0.2) is 37.1 Å². The van der Waals surface area contributed by atoms with Gasteiger partial charge in [-0.2, -0.15) is 0 Å².